The molecule has 4 rings (SSSR count). The van der Waals surface area contributed by atoms with E-state index in [1.165, 1.54) is 6.08 Å². The lowest BCUT2D eigenvalue weighted by atomic mass is 10.0. The number of carbonyl (C=O) groups is 3. The summed E-state index contributed by atoms with van der Waals surface area (Å²) in [5.41, 5.74) is 3.03. The Morgan fingerprint density at radius 3 is 2.11 bits per heavy atom. The second-order valence-electron chi connectivity index (χ2n) is 6.28. The van der Waals surface area contributed by atoms with Gasteiger partial charge in [0.05, 0.1) is 12.2 Å². The molecular formula is C21H16N4O3. The molecular weight excluding hydrogens is 356 g/mol. The SMILES string of the molecule is O=C1NC(=O)C(=Cc2cn(Cc3ccccc3)nc2-c2ccccc2)C(=O)N1. The molecule has 0 radical (unpaired) electrons. The Morgan fingerprint density at radius 2 is 1.46 bits per heavy atom. The first kappa shape index (κ1) is 17.4. The van der Waals surface area contributed by atoms with Gasteiger partial charge in [0.25, 0.3) is 11.8 Å². The van der Waals surface area contributed by atoms with Gasteiger partial charge in [0, 0.05) is 17.3 Å². The molecule has 3 aromatic rings. The molecule has 1 fully saturated rings. The second-order valence-corrected chi connectivity index (χ2v) is 6.28. The van der Waals surface area contributed by atoms with E-state index in [1.54, 1.807) is 10.9 Å². The number of amides is 4. The van der Waals surface area contributed by atoms with E-state index in [0.717, 1.165) is 11.1 Å². The largest absolute Gasteiger partial charge is 0.328 e. The van der Waals surface area contributed by atoms with E-state index in [0.29, 0.717) is 17.8 Å². The van der Waals surface area contributed by atoms with Crippen molar-refractivity contribution in [3.63, 3.8) is 0 Å². The summed E-state index contributed by atoms with van der Waals surface area (Å²) in [4.78, 5) is 35.4. The summed E-state index contributed by atoms with van der Waals surface area (Å²) in [6.07, 6.45) is 3.23. The summed E-state index contributed by atoms with van der Waals surface area (Å²) < 4.78 is 1.76. The molecule has 1 aliphatic rings. The zero-order chi connectivity index (χ0) is 19.5. The molecule has 4 amide bonds. The maximum absolute atomic E-state index is 12.1. The van der Waals surface area contributed by atoms with E-state index in [1.807, 2.05) is 60.7 Å². The molecule has 0 spiro atoms. The molecule has 1 aromatic heterocycles. The highest BCUT2D eigenvalue weighted by molar-refractivity contribution is 6.31. The summed E-state index contributed by atoms with van der Waals surface area (Å²) in [6.45, 7) is 0.542. The normalized spacial score (nSPS) is 13.9. The van der Waals surface area contributed by atoms with E-state index in [4.69, 9.17) is 0 Å². The predicted octanol–water partition coefficient (Wildman–Crippen LogP) is 2.35. The predicted molar refractivity (Wildman–Crippen MR) is 103 cm³/mol. The first-order valence-corrected chi connectivity index (χ1v) is 8.65. The topological polar surface area (TPSA) is 93.1 Å². The van der Waals surface area contributed by atoms with Crippen LogP contribution in [0.25, 0.3) is 17.3 Å². The third kappa shape index (κ3) is 3.59. The van der Waals surface area contributed by atoms with Crippen LogP contribution in [0, 0.1) is 0 Å². The van der Waals surface area contributed by atoms with Crippen LogP contribution in [0.5, 0.6) is 0 Å². The van der Waals surface area contributed by atoms with Crippen LogP contribution in [0.3, 0.4) is 0 Å². The number of imide groups is 2. The molecule has 7 heteroatoms. The number of rotatable bonds is 4. The van der Waals surface area contributed by atoms with E-state index >= 15 is 0 Å². The van der Waals surface area contributed by atoms with Gasteiger partial charge in [0.1, 0.15) is 5.57 Å². The van der Waals surface area contributed by atoms with Gasteiger partial charge in [-0.1, -0.05) is 60.7 Å². The number of urea groups is 1. The molecule has 0 saturated carbocycles. The molecule has 0 bridgehead atoms. The van der Waals surface area contributed by atoms with Crippen molar-refractivity contribution in [3.05, 3.63) is 83.6 Å². The molecule has 2 heterocycles. The van der Waals surface area contributed by atoms with Crippen molar-refractivity contribution in [3.8, 4) is 11.3 Å². The number of nitrogens with zero attached hydrogens (tertiary/aromatic N) is 2. The highest BCUT2D eigenvalue weighted by Gasteiger charge is 2.28. The van der Waals surface area contributed by atoms with Crippen LogP contribution in [0.15, 0.2) is 72.4 Å². The monoisotopic (exact) mass is 372 g/mol. The molecule has 1 aliphatic heterocycles. The van der Waals surface area contributed by atoms with Crippen LogP contribution in [-0.2, 0) is 16.1 Å². The number of barbiturate groups is 1. The number of aromatic nitrogens is 2. The molecule has 7 nitrogen and oxygen atoms in total. The van der Waals surface area contributed by atoms with E-state index in [9.17, 15) is 14.4 Å². The third-order valence-corrected chi connectivity index (χ3v) is 4.27. The average Bonchev–Trinajstić information content (AvgIpc) is 3.08. The van der Waals surface area contributed by atoms with Crippen LogP contribution in [0.1, 0.15) is 11.1 Å². The Bertz CT molecular complexity index is 1060. The number of hydrogen-bond donors (Lipinski definition) is 2. The molecule has 2 aromatic carbocycles. The molecule has 138 valence electrons. The van der Waals surface area contributed by atoms with Gasteiger partial charge in [-0.15, -0.1) is 0 Å². The molecule has 28 heavy (non-hydrogen) atoms. The highest BCUT2D eigenvalue weighted by Crippen LogP contribution is 2.25. The lowest BCUT2D eigenvalue weighted by molar-refractivity contribution is -0.123. The van der Waals surface area contributed by atoms with Crippen LogP contribution in [0.2, 0.25) is 0 Å². The van der Waals surface area contributed by atoms with Gasteiger partial charge in [-0.25, -0.2) is 4.79 Å². The summed E-state index contributed by atoms with van der Waals surface area (Å²) in [5, 5.41) is 8.81. The van der Waals surface area contributed by atoms with Gasteiger partial charge < -0.3 is 0 Å². The quantitative estimate of drug-likeness (QED) is 0.543. The summed E-state index contributed by atoms with van der Waals surface area (Å²) in [5.74, 6) is -1.47. The van der Waals surface area contributed by atoms with Gasteiger partial charge in [-0.05, 0) is 11.6 Å². The molecule has 0 unspecified atom stereocenters. The van der Waals surface area contributed by atoms with Gasteiger partial charge in [-0.2, -0.15) is 5.10 Å². The maximum atomic E-state index is 12.1. The number of benzene rings is 2. The molecule has 0 atom stereocenters. The van der Waals surface area contributed by atoms with Crippen LogP contribution < -0.4 is 10.6 Å². The smallest absolute Gasteiger partial charge is 0.273 e. The van der Waals surface area contributed by atoms with Gasteiger partial charge >= 0.3 is 6.03 Å². The molecule has 1 saturated heterocycles. The first-order valence-electron chi connectivity index (χ1n) is 8.65. The van der Waals surface area contributed by atoms with Crippen molar-refractivity contribution in [2.24, 2.45) is 0 Å². The lowest BCUT2D eigenvalue weighted by Crippen LogP contribution is -2.51. The minimum Gasteiger partial charge on any atom is -0.273 e. The summed E-state index contributed by atoms with van der Waals surface area (Å²) in [7, 11) is 0. The standard InChI is InChI=1S/C21H16N4O3/c26-19-17(20(27)23-21(28)22-19)11-16-13-25(12-14-7-3-1-4-8-14)24-18(16)15-9-5-2-6-10-15/h1-11,13H,12H2,(H2,22,23,26,27,28). The van der Waals surface area contributed by atoms with Crippen LogP contribution >= 0.6 is 0 Å². The van der Waals surface area contributed by atoms with E-state index < -0.39 is 17.8 Å². The Hall–Kier alpha value is -4.00. The number of hydrogen-bond acceptors (Lipinski definition) is 4. The third-order valence-electron chi connectivity index (χ3n) is 4.27. The summed E-state index contributed by atoms with van der Waals surface area (Å²) in [6, 6.07) is 18.5. The van der Waals surface area contributed by atoms with Gasteiger partial charge in [0.2, 0.25) is 0 Å². The Morgan fingerprint density at radius 1 is 0.857 bits per heavy atom. The lowest BCUT2D eigenvalue weighted by Gasteiger charge is -2.13. The van der Waals surface area contributed by atoms with Crippen LogP contribution in [-0.4, -0.2) is 27.6 Å². The zero-order valence-electron chi connectivity index (χ0n) is 14.8. The fraction of sp³-hybridized carbons (Fsp3) is 0.0476. The van der Waals surface area contributed by atoms with E-state index in [-0.39, 0.29) is 5.57 Å². The highest BCUT2D eigenvalue weighted by atomic mass is 16.2. The fourth-order valence-corrected chi connectivity index (χ4v) is 2.98. The van der Waals surface area contributed by atoms with Crippen molar-refractivity contribution in [1.82, 2.24) is 20.4 Å². The minimum atomic E-state index is -0.824. The molecule has 0 aliphatic carbocycles. The second kappa shape index (κ2) is 7.32. The summed E-state index contributed by atoms with van der Waals surface area (Å²) >= 11 is 0. The Labute approximate surface area is 160 Å². The number of nitrogens with one attached hydrogen (secondary N) is 2. The van der Waals surface area contributed by atoms with E-state index in [2.05, 4.69) is 15.7 Å². The average molecular weight is 372 g/mol. The van der Waals surface area contributed by atoms with Crippen molar-refractivity contribution in [2.75, 3.05) is 0 Å². The minimum absolute atomic E-state index is 0.143. The molecule has 2 N–H and O–H groups in total. The van der Waals surface area contributed by atoms with Crippen molar-refractivity contribution < 1.29 is 14.4 Å². The van der Waals surface area contributed by atoms with Crippen LogP contribution in [0.4, 0.5) is 4.79 Å². The fourth-order valence-electron chi connectivity index (χ4n) is 2.98. The van der Waals surface area contributed by atoms with Crippen molar-refractivity contribution >= 4 is 23.9 Å². The van der Waals surface area contributed by atoms with Gasteiger partial charge in [0.15, 0.2) is 0 Å². The van der Waals surface area contributed by atoms with Crippen molar-refractivity contribution in [1.29, 1.82) is 0 Å². The van der Waals surface area contributed by atoms with Gasteiger partial charge in [-0.3, -0.25) is 24.9 Å². The Balaban J connectivity index is 1.76. The first-order chi connectivity index (χ1) is 13.6. The maximum Gasteiger partial charge on any atom is 0.328 e. The Kier molecular flexibility index (Phi) is 4.55. The number of carbonyl (C=O) groups excluding carboxylic acids is 3. The van der Waals surface area contributed by atoms with Crippen molar-refractivity contribution in [2.45, 2.75) is 6.54 Å². The zero-order valence-corrected chi connectivity index (χ0v) is 14.8.